The Labute approximate surface area is 257 Å². The first-order valence-corrected chi connectivity index (χ1v) is 15.2. The smallest absolute Gasteiger partial charge is 0.152 e. The molecular formula is C41H30N2O. The third kappa shape index (κ3) is 3.50. The Bertz CT molecular complexity index is 2260. The van der Waals surface area contributed by atoms with E-state index in [1.54, 1.807) is 0 Å². The summed E-state index contributed by atoms with van der Waals surface area (Å²) in [5.41, 5.74) is 8.98. The first kappa shape index (κ1) is 25.0. The summed E-state index contributed by atoms with van der Waals surface area (Å²) in [5.74, 6) is 1.75. The number of anilines is 6. The van der Waals surface area contributed by atoms with Gasteiger partial charge >= 0.3 is 0 Å². The molecule has 0 radical (unpaired) electrons. The Kier molecular flexibility index (Phi) is 5.24. The summed E-state index contributed by atoms with van der Waals surface area (Å²) in [7, 11) is 0. The van der Waals surface area contributed by atoms with E-state index < -0.39 is 0 Å². The van der Waals surface area contributed by atoms with Crippen LogP contribution in [0, 0.1) is 0 Å². The van der Waals surface area contributed by atoms with Gasteiger partial charge in [0.2, 0.25) is 0 Å². The van der Waals surface area contributed by atoms with Gasteiger partial charge in [0.05, 0.1) is 28.4 Å². The van der Waals surface area contributed by atoms with Crippen LogP contribution in [0.1, 0.15) is 25.0 Å². The van der Waals surface area contributed by atoms with Gasteiger partial charge < -0.3 is 14.5 Å². The average molecular weight is 567 g/mol. The minimum Gasteiger partial charge on any atom is -0.453 e. The van der Waals surface area contributed by atoms with Crippen LogP contribution in [-0.2, 0) is 5.41 Å². The summed E-state index contributed by atoms with van der Waals surface area (Å²) in [4.78, 5) is 4.87. The number of rotatable bonds is 3. The molecule has 44 heavy (non-hydrogen) atoms. The zero-order chi connectivity index (χ0) is 29.4. The molecule has 0 saturated carbocycles. The molecule has 2 heterocycles. The van der Waals surface area contributed by atoms with Crippen molar-refractivity contribution in [2.45, 2.75) is 19.3 Å². The van der Waals surface area contributed by atoms with Gasteiger partial charge in [-0.3, -0.25) is 0 Å². The number of nitrogens with zero attached hydrogens (tertiary/aromatic N) is 2. The highest BCUT2D eigenvalue weighted by atomic mass is 16.5. The SMILES string of the molecule is CC1(C)c2ccccc2N2c3ccccc3Oc3ccc(N(c4ccc5ccccc5c4)c4cccc5ccccc45)c1c32. The first-order valence-electron chi connectivity index (χ1n) is 15.2. The average Bonchev–Trinajstić information content (AvgIpc) is 3.07. The Balaban J connectivity index is 1.39. The standard InChI is InChI=1S/C41H30N2O/c1-41(2)32-17-7-8-18-34(32)43-35-19-9-10-21-37(35)44-38-25-24-36(39(41)40(38)43)42(30-23-22-27-12-3-4-14-29(27)26-30)33-20-11-15-28-13-5-6-16-31(28)33/h3-26H,1-2H3. The van der Waals surface area contributed by atoms with E-state index in [9.17, 15) is 0 Å². The maximum absolute atomic E-state index is 6.65. The van der Waals surface area contributed by atoms with Crippen LogP contribution in [0.5, 0.6) is 11.5 Å². The van der Waals surface area contributed by atoms with Gasteiger partial charge in [-0.05, 0) is 70.3 Å². The van der Waals surface area contributed by atoms with Gasteiger partial charge in [-0.1, -0.05) is 111 Å². The Hall–Kier alpha value is -5.54. The largest absolute Gasteiger partial charge is 0.453 e. The molecule has 0 bridgehead atoms. The molecule has 7 aromatic carbocycles. The van der Waals surface area contributed by atoms with Crippen LogP contribution < -0.4 is 14.5 Å². The fraction of sp³-hybridized carbons (Fsp3) is 0.0732. The summed E-state index contributed by atoms with van der Waals surface area (Å²) in [6, 6.07) is 52.3. The van der Waals surface area contributed by atoms with Gasteiger partial charge in [0, 0.05) is 22.1 Å². The number of benzene rings is 7. The van der Waals surface area contributed by atoms with Crippen molar-refractivity contribution in [2.24, 2.45) is 0 Å². The lowest BCUT2D eigenvalue weighted by atomic mass is 9.72. The van der Waals surface area contributed by atoms with Crippen LogP contribution in [0.2, 0.25) is 0 Å². The minimum absolute atomic E-state index is 0.316. The molecule has 0 amide bonds. The van der Waals surface area contributed by atoms with Crippen LogP contribution in [0.3, 0.4) is 0 Å². The lowest BCUT2D eigenvalue weighted by Crippen LogP contribution is -2.34. The highest BCUT2D eigenvalue weighted by Crippen LogP contribution is 2.62. The highest BCUT2D eigenvalue weighted by molar-refractivity contribution is 6.03. The molecule has 3 heteroatoms. The molecule has 7 aromatic rings. The quantitative estimate of drug-likeness (QED) is 0.212. The van der Waals surface area contributed by atoms with E-state index in [4.69, 9.17) is 4.74 Å². The van der Waals surface area contributed by atoms with Gasteiger partial charge in [0.1, 0.15) is 0 Å². The van der Waals surface area contributed by atoms with Crippen molar-refractivity contribution in [1.82, 2.24) is 0 Å². The molecule has 0 aliphatic carbocycles. The van der Waals surface area contributed by atoms with Crippen molar-refractivity contribution < 1.29 is 4.74 Å². The normalized spacial score (nSPS) is 14.0. The molecule has 9 rings (SSSR count). The first-order chi connectivity index (χ1) is 21.6. The fourth-order valence-electron chi connectivity index (χ4n) is 7.34. The van der Waals surface area contributed by atoms with E-state index >= 15 is 0 Å². The van der Waals surface area contributed by atoms with Gasteiger partial charge in [-0.25, -0.2) is 0 Å². The van der Waals surface area contributed by atoms with Crippen molar-refractivity contribution in [1.29, 1.82) is 0 Å². The predicted octanol–water partition coefficient (Wildman–Crippen LogP) is 11.7. The van der Waals surface area contributed by atoms with Gasteiger partial charge in [-0.15, -0.1) is 0 Å². The molecule has 2 aliphatic rings. The third-order valence-corrected chi connectivity index (χ3v) is 9.35. The summed E-state index contributed by atoms with van der Waals surface area (Å²) in [6.45, 7) is 4.70. The molecule has 210 valence electrons. The monoisotopic (exact) mass is 566 g/mol. The number of fused-ring (bicyclic) bond motifs is 6. The van der Waals surface area contributed by atoms with E-state index in [2.05, 4.69) is 163 Å². The molecule has 0 N–H and O–H groups in total. The number of para-hydroxylation sites is 3. The second kappa shape index (κ2) is 9.23. The lowest BCUT2D eigenvalue weighted by molar-refractivity contribution is 0.471. The van der Waals surface area contributed by atoms with Crippen LogP contribution in [0.4, 0.5) is 34.1 Å². The number of ether oxygens (including phenoxy) is 1. The molecule has 0 aromatic heterocycles. The van der Waals surface area contributed by atoms with Crippen molar-refractivity contribution >= 4 is 55.7 Å². The van der Waals surface area contributed by atoms with Crippen LogP contribution >= 0.6 is 0 Å². The summed E-state index contributed by atoms with van der Waals surface area (Å²) in [6.07, 6.45) is 0. The topological polar surface area (TPSA) is 15.7 Å². The van der Waals surface area contributed by atoms with Crippen LogP contribution in [-0.4, -0.2) is 0 Å². The third-order valence-electron chi connectivity index (χ3n) is 9.35. The van der Waals surface area contributed by atoms with E-state index in [0.717, 1.165) is 39.9 Å². The highest BCUT2D eigenvalue weighted by Gasteiger charge is 2.44. The van der Waals surface area contributed by atoms with Gasteiger partial charge in [0.15, 0.2) is 11.5 Å². The van der Waals surface area contributed by atoms with Crippen LogP contribution in [0.15, 0.2) is 146 Å². The van der Waals surface area contributed by atoms with Crippen LogP contribution in [0.25, 0.3) is 21.5 Å². The van der Waals surface area contributed by atoms with E-state index in [1.807, 2.05) is 6.07 Å². The molecule has 0 saturated heterocycles. The number of hydrogen-bond donors (Lipinski definition) is 0. The second-order valence-corrected chi connectivity index (χ2v) is 12.2. The zero-order valence-electron chi connectivity index (χ0n) is 24.7. The van der Waals surface area contributed by atoms with Gasteiger partial charge in [-0.2, -0.15) is 0 Å². The molecular weight excluding hydrogens is 536 g/mol. The summed E-state index contributed by atoms with van der Waals surface area (Å²) in [5, 5.41) is 4.86. The summed E-state index contributed by atoms with van der Waals surface area (Å²) >= 11 is 0. The molecule has 0 atom stereocenters. The van der Waals surface area contributed by atoms with Gasteiger partial charge in [0.25, 0.3) is 0 Å². The van der Waals surface area contributed by atoms with Crippen molar-refractivity contribution in [3.8, 4) is 11.5 Å². The van der Waals surface area contributed by atoms with E-state index in [1.165, 1.54) is 38.4 Å². The Morgan fingerprint density at radius 1 is 0.545 bits per heavy atom. The lowest BCUT2D eigenvalue weighted by Gasteiger charge is -2.46. The Morgan fingerprint density at radius 2 is 1.25 bits per heavy atom. The molecule has 0 unspecified atom stereocenters. The number of hydrogen-bond acceptors (Lipinski definition) is 3. The minimum atomic E-state index is -0.316. The van der Waals surface area contributed by atoms with E-state index in [0.29, 0.717) is 0 Å². The Morgan fingerprint density at radius 3 is 2.14 bits per heavy atom. The molecule has 2 aliphatic heterocycles. The summed E-state index contributed by atoms with van der Waals surface area (Å²) < 4.78 is 6.65. The second-order valence-electron chi connectivity index (χ2n) is 12.2. The molecule has 0 fully saturated rings. The van der Waals surface area contributed by atoms with E-state index in [-0.39, 0.29) is 5.41 Å². The van der Waals surface area contributed by atoms with Crippen molar-refractivity contribution in [3.05, 3.63) is 157 Å². The molecule has 0 spiro atoms. The van der Waals surface area contributed by atoms with Crippen molar-refractivity contribution in [2.75, 3.05) is 9.80 Å². The maximum atomic E-state index is 6.65. The fourth-order valence-corrected chi connectivity index (χ4v) is 7.34. The maximum Gasteiger partial charge on any atom is 0.152 e. The zero-order valence-corrected chi connectivity index (χ0v) is 24.7. The van der Waals surface area contributed by atoms with Crippen molar-refractivity contribution in [3.63, 3.8) is 0 Å². The molecule has 3 nitrogen and oxygen atoms in total. The predicted molar refractivity (Wildman–Crippen MR) is 183 cm³/mol.